The molecule has 1 aliphatic rings. The molecule has 6 heteroatoms. The average molecular weight is 293 g/mol. The standard InChI is InChI=1S/C14H15NO4S/c1-20(18,19)15-8-4-5-10-9-13(16)11-6-2-3-7-12(11)14(10)17/h2-3,6-7,9,15H,4-5,8H2,1H3. The summed E-state index contributed by atoms with van der Waals surface area (Å²) in [6.07, 6.45) is 3.28. The molecular formula is C14H15NO4S. The molecular weight excluding hydrogens is 278 g/mol. The second-order valence-corrected chi connectivity index (χ2v) is 6.51. The zero-order valence-electron chi connectivity index (χ0n) is 11.0. The molecule has 0 heterocycles. The largest absolute Gasteiger partial charge is 0.289 e. The number of hydrogen-bond donors (Lipinski definition) is 1. The second kappa shape index (κ2) is 5.68. The molecule has 1 aromatic rings. The predicted octanol–water partition coefficient (Wildman–Crippen LogP) is 1.32. The van der Waals surface area contributed by atoms with Gasteiger partial charge in [0, 0.05) is 23.2 Å². The third-order valence-electron chi connectivity index (χ3n) is 3.02. The summed E-state index contributed by atoms with van der Waals surface area (Å²) >= 11 is 0. The van der Waals surface area contributed by atoms with Gasteiger partial charge < -0.3 is 0 Å². The highest BCUT2D eigenvalue weighted by Gasteiger charge is 2.24. The van der Waals surface area contributed by atoms with E-state index < -0.39 is 10.0 Å². The third-order valence-corrected chi connectivity index (χ3v) is 3.75. The van der Waals surface area contributed by atoms with Crippen LogP contribution < -0.4 is 4.72 Å². The first-order chi connectivity index (χ1) is 9.38. The summed E-state index contributed by atoms with van der Waals surface area (Å²) in [7, 11) is -3.22. The van der Waals surface area contributed by atoms with Gasteiger partial charge in [-0.25, -0.2) is 13.1 Å². The van der Waals surface area contributed by atoms with Gasteiger partial charge in [-0.15, -0.1) is 0 Å². The van der Waals surface area contributed by atoms with Crippen molar-refractivity contribution < 1.29 is 18.0 Å². The monoisotopic (exact) mass is 293 g/mol. The fourth-order valence-electron chi connectivity index (χ4n) is 2.09. The van der Waals surface area contributed by atoms with Crippen LogP contribution in [0.5, 0.6) is 0 Å². The van der Waals surface area contributed by atoms with Gasteiger partial charge in [0.05, 0.1) is 6.26 Å². The Labute approximate surface area is 117 Å². The molecule has 1 aliphatic carbocycles. The van der Waals surface area contributed by atoms with Crippen molar-refractivity contribution in [3.63, 3.8) is 0 Å². The number of ketones is 2. The van der Waals surface area contributed by atoms with Gasteiger partial charge in [-0.05, 0) is 18.9 Å². The van der Waals surface area contributed by atoms with Gasteiger partial charge in [0.25, 0.3) is 0 Å². The Bertz CT molecular complexity index is 689. The fraction of sp³-hybridized carbons (Fsp3) is 0.286. The van der Waals surface area contributed by atoms with E-state index in [0.29, 0.717) is 29.5 Å². The van der Waals surface area contributed by atoms with Crippen molar-refractivity contribution in [2.24, 2.45) is 0 Å². The Morgan fingerprint density at radius 1 is 1.10 bits per heavy atom. The van der Waals surface area contributed by atoms with E-state index in [2.05, 4.69) is 4.72 Å². The number of benzene rings is 1. The molecule has 0 amide bonds. The van der Waals surface area contributed by atoms with Crippen LogP contribution in [0.3, 0.4) is 0 Å². The molecule has 0 fully saturated rings. The lowest BCUT2D eigenvalue weighted by atomic mass is 9.88. The van der Waals surface area contributed by atoms with E-state index in [0.717, 1.165) is 6.26 Å². The first kappa shape index (κ1) is 14.6. The van der Waals surface area contributed by atoms with Crippen LogP contribution in [0.2, 0.25) is 0 Å². The molecule has 0 bridgehead atoms. The number of fused-ring (bicyclic) bond motifs is 1. The van der Waals surface area contributed by atoms with E-state index >= 15 is 0 Å². The van der Waals surface area contributed by atoms with E-state index in [-0.39, 0.29) is 18.1 Å². The van der Waals surface area contributed by atoms with Gasteiger partial charge in [-0.3, -0.25) is 9.59 Å². The number of carbonyl (C=O) groups excluding carboxylic acids is 2. The molecule has 0 radical (unpaired) electrons. The number of Topliss-reactive ketones (excluding diaryl/α,β-unsaturated/α-hetero) is 1. The number of nitrogens with one attached hydrogen (secondary N) is 1. The first-order valence-corrected chi connectivity index (χ1v) is 8.11. The van der Waals surface area contributed by atoms with Crippen molar-refractivity contribution in [1.82, 2.24) is 4.72 Å². The molecule has 2 rings (SSSR count). The molecule has 0 atom stereocenters. The number of rotatable bonds is 5. The van der Waals surface area contributed by atoms with Crippen LogP contribution in [0.25, 0.3) is 0 Å². The van der Waals surface area contributed by atoms with Gasteiger partial charge in [-0.2, -0.15) is 0 Å². The fourth-order valence-corrected chi connectivity index (χ4v) is 2.61. The number of sulfonamides is 1. The molecule has 0 spiro atoms. The maximum Gasteiger partial charge on any atom is 0.208 e. The molecule has 0 aliphatic heterocycles. The van der Waals surface area contributed by atoms with Gasteiger partial charge in [0.15, 0.2) is 11.6 Å². The minimum atomic E-state index is -3.22. The Morgan fingerprint density at radius 2 is 1.75 bits per heavy atom. The van der Waals surface area contributed by atoms with Gasteiger partial charge in [-0.1, -0.05) is 24.3 Å². The lowest BCUT2D eigenvalue weighted by molar-refractivity contribution is 0.0981. The topological polar surface area (TPSA) is 80.3 Å². The van der Waals surface area contributed by atoms with Crippen molar-refractivity contribution in [3.05, 3.63) is 47.0 Å². The molecule has 5 nitrogen and oxygen atoms in total. The highest BCUT2D eigenvalue weighted by atomic mass is 32.2. The Morgan fingerprint density at radius 3 is 2.40 bits per heavy atom. The van der Waals surface area contributed by atoms with E-state index in [1.807, 2.05) is 0 Å². The summed E-state index contributed by atoms with van der Waals surface area (Å²) in [4.78, 5) is 24.1. The molecule has 1 aromatic carbocycles. The number of hydrogen-bond acceptors (Lipinski definition) is 4. The van der Waals surface area contributed by atoms with Gasteiger partial charge in [0.1, 0.15) is 0 Å². The predicted molar refractivity (Wildman–Crippen MR) is 75.3 cm³/mol. The zero-order valence-corrected chi connectivity index (χ0v) is 11.9. The van der Waals surface area contributed by atoms with Crippen molar-refractivity contribution in [3.8, 4) is 0 Å². The average Bonchev–Trinajstić information content (AvgIpc) is 2.39. The second-order valence-electron chi connectivity index (χ2n) is 4.68. The highest BCUT2D eigenvalue weighted by Crippen LogP contribution is 2.23. The summed E-state index contributed by atoms with van der Waals surface area (Å²) in [6.45, 7) is 0.249. The van der Waals surface area contributed by atoms with E-state index in [1.54, 1.807) is 24.3 Å². The van der Waals surface area contributed by atoms with Crippen molar-refractivity contribution in [2.45, 2.75) is 12.8 Å². The van der Waals surface area contributed by atoms with Gasteiger partial charge >= 0.3 is 0 Å². The third kappa shape index (κ3) is 3.40. The van der Waals surface area contributed by atoms with Crippen LogP contribution in [0.4, 0.5) is 0 Å². The minimum absolute atomic E-state index is 0.153. The molecule has 0 aromatic heterocycles. The zero-order chi connectivity index (χ0) is 14.8. The summed E-state index contributed by atoms with van der Waals surface area (Å²) in [6, 6.07) is 6.71. The van der Waals surface area contributed by atoms with Crippen LogP contribution in [-0.2, 0) is 10.0 Å². The van der Waals surface area contributed by atoms with Crippen molar-refractivity contribution in [1.29, 1.82) is 0 Å². The lowest BCUT2D eigenvalue weighted by Crippen LogP contribution is -2.23. The van der Waals surface area contributed by atoms with Crippen LogP contribution in [0.1, 0.15) is 33.6 Å². The van der Waals surface area contributed by atoms with Crippen molar-refractivity contribution >= 4 is 21.6 Å². The molecule has 106 valence electrons. The van der Waals surface area contributed by atoms with Crippen LogP contribution in [0.15, 0.2) is 35.9 Å². The van der Waals surface area contributed by atoms with E-state index in [4.69, 9.17) is 0 Å². The van der Waals surface area contributed by atoms with E-state index in [9.17, 15) is 18.0 Å². The van der Waals surface area contributed by atoms with Crippen molar-refractivity contribution in [2.75, 3.05) is 12.8 Å². The van der Waals surface area contributed by atoms with Gasteiger partial charge in [0.2, 0.25) is 10.0 Å². The van der Waals surface area contributed by atoms with Crippen LogP contribution >= 0.6 is 0 Å². The molecule has 0 unspecified atom stereocenters. The normalized spacial score (nSPS) is 14.9. The lowest BCUT2D eigenvalue weighted by Gasteiger charge is -2.14. The Kier molecular flexibility index (Phi) is 4.15. The minimum Gasteiger partial charge on any atom is -0.289 e. The summed E-state index contributed by atoms with van der Waals surface area (Å²) in [5, 5.41) is 0. The molecule has 20 heavy (non-hydrogen) atoms. The summed E-state index contributed by atoms with van der Waals surface area (Å²) in [5.41, 5.74) is 1.28. The highest BCUT2D eigenvalue weighted by molar-refractivity contribution is 7.88. The molecule has 0 saturated heterocycles. The van der Waals surface area contributed by atoms with Crippen LogP contribution in [-0.4, -0.2) is 32.8 Å². The summed E-state index contributed by atoms with van der Waals surface area (Å²) < 4.78 is 24.2. The number of allylic oxidation sites excluding steroid dienone is 2. The molecule has 0 saturated carbocycles. The maximum atomic E-state index is 12.2. The quantitative estimate of drug-likeness (QED) is 0.830. The van der Waals surface area contributed by atoms with Crippen LogP contribution in [0, 0.1) is 0 Å². The smallest absolute Gasteiger partial charge is 0.208 e. The maximum absolute atomic E-state index is 12.2. The Hall–Kier alpha value is -1.79. The molecule has 1 N–H and O–H groups in total. The first-order valence-electron chi connectivity index (χ1n) is 6.22. The SMILES string of the molecule is CS(=O)(=O)NCCCC1=CC(=O)c2ccccc2C1=O. The number of carbonyl (C=O) groups is 2. The van der Waals surface area contributed by atoms with E-state index in [1.165, 1.54) is 6.08 Å². The Balaban J connectivity index is 2.04. The summed E-state index contributed by atoms with van der Waals surface area (Å²) in [5.74, 6) is -0.328.